The van der Waals surface area contributed by atoms with Gasteiger partial charge in [0.25, 0.3) is 0 Å². The average Bonchev–Trinajstić information content (AvgIpc) is 2.57. The Kier molecular flexibility index (Phi) is 4.46. The summed E-state index contributed by atoms with van der Waals surface area (Å²) in [6, 6.07) is 11.2. The summed E-state index contributed by atoms with van der Waals surface area (Å²) in [5.74, 6) is 0. The summed E-state index contributed by atoms with van der Waals surface area (Å²) < 4.78 is 0. The second kappa shape index (κ2) is 6.68. The first-order chi connectivity index (χ1) is 10.3. The quantitative estimate of drug-likeness (QED) is 0.936. The zero-order chi connectivity index (χ0) is 14.5. The van der Waals surface area contributed by atoms with Crippen molar-refractivity contribution in [2.75, 3.05) is 18.0 Å². The number of pyridine rings is 2. The van der Waals surface area contributed by atoms with E-state index in [4.69, 9.17) is 0 Å². The van der Waals surface area contributed by atoms with Crippen molar-refractivity contribution in [3.63, 3.8) is 0 Å². The highest BCUT2D eigenvalue weighted by atomic mass is 15.2. The molecule has 1 atom stereocenters. The van der Waals surface area contributed by atoms with Gasteiger partial charge in [0, 0.05) is 49.5 Å². The predicted octanol–water partition coefficient (Wildman–Crippen LogP) is 2.80. The molecule has 2 aromatic rings. The van der Waals surface area contributed by atoms with Crippen LogP contribution in [-0.2, 0) is 0 Å². The van der Waals surface area contributed by atoms with E-state index >= 15 is 0 Å². The molecule has 3 rings (SSSR count). The minimum Gasteiger partial charge on any atom is -0.371 e. The van der Waals surface area contributed by atoms with Gasteiger partial charge >= 0.3 is 0 Å². The van der Waals surface area contributed by atoms with Gasteiger partial charge in [0.1, 0.15) is 0 Å². The summed E-state index contributed by atoms with van der Waals surface area (Å²) in [6.07, 6.45) is 7.92. The highest BCUT2D eigenvalue weighted by Crippen LogP contribution is 2.20. The molecule has 21 heavy (non-hydrogen) atoms. The average molecular weight is 282 g/mol. The molecular weight excluding hydrogens is 260 g/mol. The maximum atomic E-state index is 4.43. The van der Waals surface area contributed by atoms with E-state index in [2.05, 4.69) is 45.3 Å². The third-order valence-electron chi connectivity index (χ3n) is 4.14. The Morgan fingerprint density at radius 3 is 2.52 bits per heavy atom. The van der Waals surface area contributed by atoms with Crippen molar-refractivity contribution >= 4 is 5.69 Å². The van der Waals surface area contributed by atoms with Gasteiger partial charge in [-0.2, -0.15) is 0 Å². The van der Waals surface area contributed by atoms with Crippen LogP contribution in [0.5, 0.6) is 0 Å². The molecule has 0 saturated carbocycles. The lowest BCUT2D eigenvalue weighted by atomic mass is 10.0. The van der Waals surface area contributed by atoms with Crippen LogP contribution >= 0.6 is 0 Å². The van der Waals surface area contributed by atoms with Gasteiger partial charge in [0.05, 0.1) is 5.69 Å². The molecule has 1 aliphatic heterocycles. The van der Waals surface area contributed by atoms with E-state index in [1.807, 2.05) is 30.7 Å². The first-order valence-electron chi connectivity index (χ1n) is 7.65. The molecule has 1 N–H and O–H groups in total. The van der Waals surface area contributed by atoms with Crippen molar-refractivity contribution in [2.45, 2.75) is 31.8 Å². The molecule has 3 heterocycles. The van der Waals surface area contributed by atoms with E-state index in [0.29, 0.717) is 12.1 Å². The Hall–Kier alpha value is -1.94. The van der Waals surface area contributed by atoms with Gasteiger partial charge in [-0.25, -0.2) is 0 Å². The lowest BCUT2D eigenvalue weighted by Gasteiger charge is -2.35. The summed E-state index contributed by atoms with van der Waals surface area (Å²) in [7, 11) is 0. The van der Waals surface area contributed by atoms with Crippen molar-refractivity contribution in [1.82, 2.24) is 15.3 Å². The van der Waals surface area contributed by atoms with E-state index < -0.39 is 0 Å². The molecule has 2 aromatic heterocycles. The summed E-state index contributed by atoms with van der Waals surface area (Å²) in [5.41, 5.74) is 2.40. The molecule has 1 fully saturated rings. The highest BCUT2D eigenvalue weighted by molar-refractivity contribution is 5.44. The SMILES string of the molecule is C[C@H](NC1CCN(c2ccncc2)CC1)c1ccccn1. The number of anilines is 1. The van der Waals surface area contributed by atoms with Crippen LogP contribution in [-0.4, -0.2) is 29.1 Å². The lowest BCUT2D eigenvalue weighted by Crippen LogP contribution is -2.43. The van der Waals surface area contributed by atoms with E-state index in [9.17, 15) is 0 Å². The molecule has 110 valence electrons. The summed E-state index contributed by atoms with van der Waals surface area (Å²) in [5, 5.41) is 3.71. The predicted molar refractivity (Wildman–Crippen MR) is 85.3 cm³/mol. The summed E-state index contributed by atoms with van der Waals surface area (Å²) >= 11 is 0. The van der Waals surface area contributed by atoms with Crippen LogP contribution in [0, 0.1) is 0 Å². The van der Waals surface area contributed by atoms with Crippen LogP contribution in [0.3, 0.4) is 0 Å². The van der Waals surface area contributed by atoms with Gasteiger partial charge in [0.2, 0.25) is 0 Å². The molecule has 1 saturated heterocycles. The second-order valence-electron chi connectivity index (χ2n) is 5.61. The molecule has 0 unspecified atom stereocenters. The standard InChI is InChI=1S/C17H22N4/c1-14(17-4-2-3-9-19-17)20-15-7-12-21(13-8-15)16-5-10-18-11-6-16/h2-6,9-11,14-15,20H,7-8,12-13H2,1H3/t14-/m0/s1. The fourth-order valence-corrected chi connectivity index (χ4v) is 2.93. The number of hydrogen-bond acceptors (Lipinski definition) is 4. The van der Waals surface area contributed by atoms with Crippen LogP contribution in [0.1, 0.15) is 31.5 Å². The van der Waals surface area contributed by atoms with Gasteiger partial charge in [-0.1, -0.05) is 6.07 Å². The molecule has 0 aromatic carbocycles. The van der Waals surface area contributed by atoms with Crippen LogP contribution in [0.2, 0.25) is 0 Å². The maximum Gasteiger partial charge on any atom is 0.0570 e. The number of nitrogens with zero attached hydrogens (tertiary/aromatic N) is 3. The third kappa shape index (κ3) is 3.58. The van der Waals surface area contributed by atoms with Gasteiger partial charge in [-0.15, -0.1) is 0 Å². The maximum absolute atomic E-state index is 4.43. The van der Waals surface area contributed by atoms with Crippen molar-refractivity contribution in [3.8, 4) is 0 Å². The first kappa shape index (κ1) is 14.0. The molecule has 0 radical (unpaired) electrons. The van der Waals surface area contributed by atoms with E-state index in [-0.39, 0.29) is 0 Å². The lowest BCUT2D eigenvalue weighted by molar-refractivity contribution is 0.377. The minimum atomic E-state index is 0.309. The number of rotatable bonds is 4. The molecule has 1 aliphatic rings. The molecule has 0 spiro atoms. The van der Waals surface area contributed by atoms with Crippen molar-refractivity contribution in [3.05, 3.63) is 54.6 Å². The smallest absolute Gasteiger partial charge is 0.0570 e. The summed E-state index contributed by atoms with van der Waals surface area (Å²) in [6.45, 7) is 4.38. The molecule has 0 aliphatic carbocycles. The van der Waals surface area contributed by atoms with Crippen LogP contribution in [0.25, 0.3) is 0 Å². The number of aromatic nitrogens is 2. The van der Waals surface area contributed by atoms with Crippen LogP contribution < -0.4 is 10.2 Å². The Labute approximate surface area is 126 Å². The molecule has 0 bridgehead atoms. The molecule has 0 amide bonds. The second-order valence-corrected chi connectivity index (χ2v) is 5.61. The van der Waals surface area contributed by atoms with Gasteiger partial charge < -0.3 is 10.2 Å². The summed E-state index contributed by atoms with van der Waals surface area (Å²) in [4.78, 5) is 10.9. The molecule has 4 heteroatoms. The van der Waals surface area contributed by atoms with Crippen LogP contribution in [0.15, 0.2) is 48.9 Å². The largest absolute Gasteiger partial charge is 0.371 e. The Bertz CT molecular complexity index is 535. The Morgan fingerprint density at radius 2 is 1.86 bits per heavy atom. The first-order valence-corrected chi connectivity index (χ1v) is 7.65. The van der Waals surface area contributed by atoms with E-state index in [1.165, 1.54) is 18.5 Å². The minimum absolute atomic E-state index is 0.309. The normalized spacial score (nSPS) is 17.7. The number of hydrogen-bond donors (Lipinski definition) is 1. The highest BCUT2D eigenvalue weighted by Gasteiger charge is 2.21. The molecular formula is C17H22N4. The van der Waals surface area contributed by atoms with Gasteiger partial charge in [-0.3, -0.25) is 9.97 Å². The fraction of sp³-hybridized carbons (Fsp3) is 0.412. The van der Waals surface area contributed by atoms with Crippen molar-refractivity contribution in [1.29, 1.82) is 0 Å². The van der Waals surface area contributed by atoms with Gasteiger partial charge in [-0.05, 0) is 44.0 Å². The third-order valence-corrected chi connectivity index (χ3v) is 4.14. The monoisotopic (exact) mass is 282 g/mol. The topological polar surface area (TPSA) is 41.0 Å². The fourth-order valence-electron chi connectivity index (χ4n) is 2.93. The van der Waals surface area contributed by atoms with E-state index in [1.54, 1.807) is 0 Å². The van der Waals surface area contributed by atoms with Crippen LogP contribution in [0.4, 0.5) is 5.69 Å². The van der Waals surface area contributed by atoms with Crippen molar-refractivity contribution in [2.24, 2.45) is 0 Å². The number of nitrogens with one attached hydrogen (secondary N) is 1. The van der Waals surface area contributed by atoms with Gasteiger partial charge in [0.15, 0.2) is 0 Å². The molecule has 4 nitrogen and oxygen atoms in total. The van der Waals surface area contributed by atoms with Crippen molar-refractivity contribution < 1.29 is 0 Å². The number of piperidine rings is 1. The Morgan fingerprint density at radius 1 is 1.10 bits per heavy atom. The van der Waals surface area contributed by atoms with E-state index in [0.717, 1.165) is 18.8 Å². The zero-order valence-electron chi connectivity index (χ0n) is 12.4. The zero-order valence-corrected chi connectivity index (χ0v) is 12.4. The Balaban J connectivity index is 1.52.